The Morgan fingerprint density at radius 1 is 0.867 bits per heavy atom. The fourth-order valence-electron chi connectivity index (χ4n) is 1.57. The summed E-state index contributed by atoms with van der Waals surface area (Å²) in [4.78, 5) is 0. The van der Waals surface area contributed by atoms with Crippen LogP contribution >= 0.6 is 0 Å². The molecule has 4 heteroatoms. The van der Waals surface area contributed by atoms with Crippen molar-refractivity contribution in [2.75, 3.05) is 12.0 Å². The van der Waals surface area contributed by atoms with E-state index in [4.69, 9.17) is 9.11 Å². The first-order valence-electron chi connectivity index (χ1n) is 5.94. The molecule has 0 bridgehead atoms. The third-order valence-corrected chi connectivity index (χ3v) is 3.70. The molecule has 0 atom stereocenters. The fourth-order valence-corrected chi connectivity index (χ4v) is 2.44. The van der Waals surface area contributed by atoms with Crippen LogP contribution < -0.4 is 0 Å². The zero-order chi connectivity index (χ0) is 11.8. The van der Waals surface area contributed by atoms with Crippen LogP contribution in [0.2, 0.25) is 0 Å². The highest BCUT2D eigenvalue weighted by molar-refractivity contribution is 8.09. The first-order chi connectivity index (χ1) is 6.81. The molecule has 15 heavy (non-hydrogen) atoms. The normalized spacial score (nSPS) is 14.8. The second kappa shape index (κ2) is 6.61. The van der Waals surface area contributed by atoms with Crippen LogP contribution in [0.25, 0.3) is 0 Å². The summed E-state index contributed by atoms with van der Waals surface area (Å²) in [5, 5.41) is 0. The Balaban J connectivity index is 3.23. The maximum Gasteiger partial charge on any atom is 0.0798 e. The second-order valence-electron chi connectivity index (χ2n) is 4.61. The molecule has 94 valence electrons. The van der Waals surface area contributed by atoms with Crippen molar-refractivity contribution in [2.24, 2.45) is 0 Å². The van der Waals surface area contributed by atoms with Crippen molar-refractivity contribution < 1.29 is 13.3 Å². The number of rotatable bonds is 9. The standard InChI is InChI=1S/C11H26O3S/c1-3-4-5-6-7-8-9-10-11-15(2,12,13)14/h3-11H2,1-2H3,(H2,12,13,14). The number of hydrogen-bond donors (Lipinski definition) is 2. The van der Waals surface area contributed by atoms with Gasteiger partial charge in [-0.2, -0.15) is 0 Å². The molecule has 0 saturated carbocycles. The summed E-state index contributed by atoms with van der Waals surface area (Å²) in [6.07, 6.45) is 10.0. The molecule has 0 aromatic carbocycles. The van der Waals surface area contributed by atoms with Crippen LogP contribution in [0.1, 0.15) is 58.3 Å². The van der Waals surface area contributed by atoms with Gasteiger partial charge in [0, 0.05) is 12.0 Å². The van der Waals surface area contributed by atoms with Crippen molar-refractivity contribution in [3.05, 3.63) is 0 Å². The van der Waals surface area contributed by atoms with Gasteiger partial charge in [0.1, 0.15) is 0 Å². The maximum absolute atomic E-state index is 11.1. The molecule has 0 spiro atoms. The van der Waals surface area contributed by atoms with Gasteiger partial charge in [-0.15, -0.1) is 0 Å². The largest absolute Gasteiger partial charge is 0.308 e. The lowest BCUT2D eigenvalue weighted by molar-refractivity contribution is 0.395. The van der Waals surface area contributed by atoms with Gasteiger partial charge in [-0.05, 0) is 6.42 Å². The molecule has 0 fully saturated rings. The van der Waals surface area contributed by atoms with Crippen LogP contribution in [0, 0.1) is 0 Å². The predicted octanol–water partition coefficient (Wildman–Crippen LogP) is 3.52. The molecule has 0 radical (unpaired) electrons. The average molecular weight is 238 g/mol. The van der Waals surface area contributed by atoms with Crippen LogP contribution in [-0.2, 0) is 9.63 Å². The summed E-state index contributed by atoms with van der Waals surface area (Å²) in [5.74, 6) is 0.0200. The first-order valence-corrected chi connectivity index (χ1v) is 8.39. The Hall–Kier alpha value is 0.0700. The molecule has 0 aromatic heterocycles. The highest BCUT2D eigenvalue weighted by atomic mass is 32.3. The Kier molecular flexibility index (Phi) is 6.64. The van der Waals surface area contributed by atoms with Gasteiger partial charge in [0.05, 0.1) is 9.63 Å². The van der Waals surface area contributed by atoms with E-state index in [-0.39, 0.29) is 5.75 Å². The van der Waals surface area contributed by atoms with Crippen LogP contribution in [0.15, 0.2) is 0 Å². The molecule has 3 nitrogen and oxygen atoms in total. The maximum atomic E-state index is 11.1. The SMILES string of the molecule is CCCCCCCCCCS(C)(=O)(O)O. The van der Waals surface area contributed by atoms with Gasteiger partial charge in [0.25, 0.3) is 0 Å². The zero-order valence-corrected chi connectivity index (χ0v) is 10.9. The molecule has 0 aliphatic rings. The van der Waals surface area contributed by atoms with Gasteiger partial charge < -0.3 is 9.11 Å². The third-order valence-electron chi connectivity index (χ3n) is 2.47. The summed E-state index contributed by atoms with van der Waals surface area (Å²) >= 11 is 0. The van der Waals surface area contributed by atoms with Crippen LogP contribution in [0.5, 0.6) is 0 Å². The van der Waals surface area contributed by atoms with Gasteiger partial charge >= 0.3 is 0 Å². The molecule has 2 N–H and O–H groups in total. The first kappa shape index (κ1) is 15.1. The predicted molar refractivity (Wildman–Crippen MR) is 66.8 cm³/mol. The van der Waals surface area contributed by atoms with E-state index in [1.807, 2.05) is 0 Å². The van der Waals surface area contributed by atoms with Gasteiger partial charge in [-0.3, -0.25) is 0 Å². The number of unbranched alkanes of at least 4 members (excludes halogenated alkanes) is 7. The van der Waals surface area contributed by atoms with Gasteiger partial charge in [0.15, 0.2) is 0 Å². The summed E-state index contributed by atoms with van der Waals surface area (Å²) in [6, 6.07) is 0. The third kappa shape index (κ3) is 14.1. The van der Waals surface area contributed by atoms with Crippen LogP contribution in [0.3, 0.4) is 0 Å². The smallest absolute Gasteiger partial charge is 0.0798 e. The van der Waals surface area contributed by atoms with Crippen molar-refractivity contribution in [2.45, 2.75) is 58.3 Å². The molecule has 0 aromatic rings. The monoisotopic (exact) mass is 238 g/mol. The van der Waals surface area contributed by atoms with Crippen molar-refractivity contribution in [1.29, 1.82) is 0 Å². The lowest BCUT2D eigenvalue weighted by Gasteiger charge is -2.24. The van der Waals surface area contributed by atoms with E-state index in [1.165, 1.54) is 32.1 Å². The number of hydrogen-bond acceptors (Lipinski definition) is 1. The minimum atomic E-state index is -4.22. The fraction of sp³-hybridized carbons (Fsp3) is 1.00. The molecule has 0 rings (SSSR count). The summed E-state index contributed by atoms with van der Waals surface area (Å²) in [6.45, 7) is 2.20. The van der Waals surface area contributed by atoms with E-state index < -0.39 is 9.63 Å². The lowest BCUT2D eigenvalue weighted by Crippen LogP contribution is -2.32. The Bertz CT molecular complexity index is 209. The average Bonchev–Trinajstić information content (AvgIpc) is 2.07. The van der Waals surface area contributed by atoms with Crippen molar-refractivity contribution >= 4 is 9.63 Å². The van der Waals surface area contributed by atoms with E-state index >= 15 is 0 Å². The van der Waals surface area contributed by atoms with E-state index in [0.717, 1.165) is 19.1 Å². The summed E-state index contributed by atoms with van der Waals surface area (Å²) in [7, 11) is -4.22. The van der Waals surface area contributed by atoms with E-state index in [0.29, 0.717) is 6.42 Å². The molecule has 0 amide bonds. The van der Waals surface area contributed by atoms with Gasteiger partial charge in [-0.1, -0.05) is 51.9 Å². The molecule has 0 unspecified atom stereocenters. The minimum Gasteiger partial charge on any atom is -0.308 e. The van der Waals surface area contributed by atoms with Crippen molar-refractivity contribution in [3.8, 4) is 0 Å². The Labute approximate surface area is 93.7 Å². The quantitative estimate of drug-likeness (QED) is 0.604. The highest BCUT2D eigenvalue weighted by Gasteiger charge is 2.20. The van der Waals surface area contributed by atoms with E-state index in [9.17, 15) is 4.21 Å². The molecule has 0 aliphatic heterocycles. The van der Waals surface area contributed by atoms with E-state index in [1.54, 1.807) is 0 Å². The molecule has 0 heterocycles. The molecule has 0 saturated heterocycles. The topological polar surface area (TPSA) is 57.5 Å². The Morgan fingerprint density at radius 2 is 1.27 bits per heavy atom. The summed E-state index contributed by atoms with van der Waals surface area (Å²) < 4.78 is 29.2. The summed E-state index contributed by atoms with van der Waals surface area (Å²) in [5.41, 5.74) is 0. The lowest BCUT2D eigenvalue weighted by atomic mass is 10.1. The minimum absolute atomic E-state index is 0.0200. The van der Waals surface area contributed by atoms with Crippen LogP contribution in [-0.4, -0.2) is 25.3 Å². The molecular formula is C11H26O3S. The molecular weight excluding hydrogens is 212 g/mol. The highest BCUT2D eigenvalue weighted by Crippen LogP contribution is 2.15. The second-order valence-corrected chi connectivity index (χ2v) is 7.87. The van der Waals surface area contributed by atoms with Crippen molar-refractivity contribution in [3.63, 3.8) is 0 Å². The Morgan fingerprint density at radius 3 is 1.67 bits per heavy atom. The van der Waals surface area contributed by atoms with Crippen molar-refractivity contribution in [1.82, 2.24) is 0 Å². The van der Waals surface area contributed by atoms with Gasteiger partial charge in [0.2, 0.25) is 0 Å². The van der Waals surface area contributed by atoms with E-state index in [2.05, 4.69) is 6.92 Å². The van der Waals surface area contributed by atoms with Crippen LogP contribution in [0.4, 0.5) is 0 Å². The molecule has 0 aliphatic carbocycles. The zero-order valence-electron chi connectivity index (χ0n) is 10.1. The van der Waals surface area contributed by atoms with Gasteiger partial charge in [-0.25, -0.2) is 4.21 Å².